The van der Waals surface area contributed by atoms with Crippen LogP contribution in [-0.4, -0.2) is 26.9 Å². The number of halogens is 1. The molecule has 0 spiro atoms. The Morgan fingerprint density at radius 3 is 2.53 bits per heavy atom. The molecule has 1 N–H and O–H groups in total. The average molecular weight is 398 g/mol. The molecule has 0 aliphatic carbocycles. The highest BCUT2D eigenvalue weighted by molar-refractivity contribution is 14.1. The Labute approximate surface area is 128 Å². The van der Waals surface area contributed by atoms with Crippen molar-refractivity contribution in [1.29, 1.82) is 0 Å². The fraction of sp³-hybridized carbons (Fsp3) is 0.417. The molecule has 0 saturated heterocycles. The minimum Gasteiger partial charge on any atom is -0.482 e. The molecular formula is C12H15IO5S. The van der Waals surface area contributed by atoms with E-state index in [0.717, 1.165) is 0 Å². The van der Waals surface area contributed by atoms with Crippen molar-refractivity contribution < 1.29 is 23.0 Å². The molecule has 0 heterocycles. The zero-order valence-corrected chi connectivity index (χ0v) is 13.8. The fourth-order valence-electron chi connectivity index (χ4n) is 1.23. The first-order chi connectivity index (χ1) is 8.69. The normalized spacial score (nSPS) is 12.9. The Hall–Kier alpha value is -0.670. The summed E-state index contributed by atoms with van der Waals surface area (Å²) in [4.78, 5) is 11.8. The fourth-order valence-corrected chi connectivity index (χ4v) is 2.69. The standard InChI is InChI=1S/C12H15IO5S/c1-12(2,3)18-11(14)7-17-8-4-5-10(19(15)16)9(13)6-8/h4-6H,7H2,1-3H3,(H,15,16). The summed E-state index contributed by atoms with van der Waals surface area (Å²) in [6.45, 7) is 5.13. The second kappa shape index (κ2) is 6.67. The van der Waals surface area contributed by atoms with Gasteiger partial charge in [-0.25, -0.2) is 9.00 Å². The van der Waals surface area contributed by atoms with Crippen molar-refractivity contribution in [3.05, 3.63) is 21.8 Å². The third kappa shape index (κ3) is 5.87. The van der Waals surface area contributed by atoms with Crippen LogP contribution in [0.25, 0.3) is 0 Å². The van der Waals surface area contributed by atoms with Crippen molar-refractivity contribution in [1.82, 2.24) is 0 Å². The van der Waals surface area contributed by atoms with E-state index in [2.05, 4.69) is 0 Å². The number of carbonyl (C=O) groups excluding carboxylic acids is 1. The van der Waals surface area contributed by atoms with E-state index in [-0.39, 0.29) is 6.61 Å². The molecule has 1 unspecified atom stereocenters. The van der Waals surface area contributed by atoms with Crippen molar-refractivity contribution in [3.8, 4) is 5.75 Å². The maximum absolute atomic E-state index is 11.5. The molecular weight excluding hydrogens is 383 g/mol. The molecule has 19 heavy (non-hydrogen) atoms. The summed E-state index contributed by atoms with van der Waals surface area (Å²) in [7, 11) is 0. The molecule has 0 saturated carbocycles. The van der Waals surface area contributed by atoms with Gasteiger partial charge in [-0.2, -0.15) is 0 Å². The van der Waals surface area contributed by atoms with Gasteiger partial charge in [0.25, 0.3) is 0 Å². The van der Waals surface area contributed by atoms with Crippen LogP contribution in [0.4, 0.5) is 0 Å². The van der Waals surface area contributed by atoms with Crippen molar-refractivity contribution in [2.24, 2.45) is 0 Å². The highest BCUT2D eigenvalue weighted by Gasteiger charge is 2.16. The number of hydrogen-bond donors (Lipinski definition) is 1. The molecule has 0 bridgehead atoms. The van der Waals surface area contributed by atoms with E-state index in [1.807, 2.05) is 22.6 Å². The predicted octanol–water partition coefficient (Wildman–Crippen LogP) is 2.59. The summed E-state index contributed by atoms with van der Waals surface area (Å²) in [5.74, 6) is -0.0122. The van der Waals surface area contributed by atoms with Gasteiger partial charge < -0.3 is 14.0 Å². The van der Waals surface area contributed by atoms with Crippen LogP contribution in [0.1, 0.15) is 20.8 Å². The van der Waals surface area contributed by atoms with Gasteiger partial charge in [-0.1, -0.05) is 0 Å². The van der Waals surface area contributed by atoms with Crippen molar-refractivity contribution in [2.45, 2.75) is 31.3 Å². The quantitative estimate of drug-likeness (QED) is 0.480. The monoisotopic (exact) mass is 398 g/mol. The first kappa shape index (κ1) is 16.4. The molecule has 5 nitrogen and oxygen atoms in total. The summed E-state index contributed by atoms with van der Waals surface area (Å²) in [5, 5.41) is 0. The van der Waals surface area contributed by atoms with Crippen molar-refractivity contribution in [2.75, 3.05) is 6.61 Å². The second-order valence-electron chi connectivity index (χ2n) is 4.72. The summed E-state index contributed by atoms with van der Waals surface area (Å²) in [5.41, 5.74) is -0.549. The third-order valence-corrected chi connectivity index (χ3v) is 3.86. The third-order valence-electron chi connectivity index (χ3n) is 1.87. The average Bonchev–Trinajstić information content (AvgIpc) is 2.23. The van der Waals surface area contributed by atoms with Gasteiger partial charge in [0, 0.05) is 3.57 Å². The van der Waals surface area contributed by atoms with Crippen LogP contribution < -0.4 is 4.74 Å². The summed E-state index contributed by atoms with van der Waals surface area (Å²) in [6.07, 6.45) is 0. The van der Waals surface area contributed by atoms with E-state index in [4.69, 9.17) is 14.0 Å². The first-order valence-corrected chi connectivity index (χ1v) is 7.62. The highest BCUT2D eigenvalue weighted by Crippen LogP contribution is 2.22. The lowest BCUT2D eigenvalue weighted by atomic mass is 10.2. The van der Waals surface area contributed by atoms with Gasteiger partial charge in [0.1, 0.15) is 11.4 Å². The van der Waals surface area contributed by atoms with E-state index in [0.29, 0.717) is 14.2 Å². The first-order valence-electron chi connectivity index (χ1n) is 5.44. The predicted molar refractivity (Wildman–Crippen MR) is 79.5 cm³/mol. The molecule has 7 heteroatoms. The molecule has 0 aliphatic heterocycles. The Morgan fingerprint density at radius 1 is 1.42 bits per heavy atom. The van der Waals surface area contributed by atoms with Gasteiger partial charge in [0.15, 0.2) is 17.7 Å². The number of ether oxygens (including phenoxy) is 2. The number of benzene rings is 1. The Bertz CT molecular complexity index is 495. The number of carbonyl (C=O) groups is 1. The Kier molecular flexibility index (Phi) is 5.75. The van der Waals surface area contributed by atoms with Crippen LogP contribution in [0.15, 0.2) is 23.1 Å². The SMILES string of the molecule is CC(C)(C)OC(=O)COc1ccc(S(=O)O)c(I)c1. The lowest BCUT2D eigenvalue weighted by Crippen LogP contribution is -2.27. The molecule has 1 aromatic carbocycles. The molecule has 0 aromatic heterocycles. The van der Waals surface area contributed by atoms with Gasteiger partial charge >= 0.3 is 5.97 Å². The van der Waals surface area contributed by atoms with E-state index in [1.54, 1.807) is 26.8 Å². The number of hydrogen-bond acceptors (Lipinski definition) is 4. The van der Waals surface area contributed by atoms with Gasteiger partial charge in [0.2, 0.25) is 0 Å². The van der Waals surface area contributed by atoms with Crippen molar-refractivity contribution in [3.63, 3.8) is 0 Å². The Balaban J connectivity index is 2.62. The maximum Gasteiger partial charge on any atom is 0.344 e. The van der Waals surface area contributed by atoms with Crippen molar-refractivity contribution >= 4 is 39.6 Å². The topological polar surface area (TPSA) is 72.8 Å². The van der Waals surface area contributed by atoms with E-state index < -0.39 is 22.7 Å². The zero-order chi connectivity index (χ0) is 14.6. The largest absolute Gasteiger partial charge is 0.482 e. The summed E-state index contributed by atoms with van der Waals surface area (Å²) < 4.78 is 30.9. The molecule has 0 radical (unpaired) electrons. The van der Waals surface area contributed by atoms with Crippen LogP contribution in [-0.2, 0) is 20.6 Å². The van der Waals surface area contributed by atoms with Gasteiger partial charge in [0.05, 0.1) is 4.90 Å². The lowest BCUT2D eigenvalue weighted by molar-refractivity contribution is -0.157. The molecule has 0 aliphatic rings. The lowest BCUT2D eigenvalue weighted by Gasteiger charge is -2.19. The van der Waals surface area contributed by atoms with Gasteiger partial charge in [-0.3, -0.25) is 0 Å². The van der Waals surface area contributed by atoms with Crippen LogP contribution >= 0.6 is 22.6 Å². The smallest absolute Gasteiger partial charge is 0.344 e. The van der Waals surface area contributed by atoms with Crippen LogP contribution in [0.5, 0.6) is 5.75 Å². The number of esters is 1. The molecule has 1 aromatic rings. The van der Waals surface area contributed by atoms with E-state index >= 15 is 0 Å². The minimum absolute atomic E-state index is 0.199. The van der Waals surface area contributed by atoms with Crippen LogP contribution in [0.3, 0.4) is 0 Å². The van der Waals surface area contributed by atoms with E-state index in [1.165, 1.54) is 12.1 Å². The molecule has 0 fully saturated rings. The Morgan fingerprint density at radius 2 is 2.05 bits per heavy atom. The molecule has 106 valence electrons. The highest BCUT2D eigenvalue weighted by atomic mass is 127. The van der Waals surface area contributed by atoms with E-state index in [9.17, 15) is 9.00 Å². The van der Waals surface area contributed by atoms with Gasteiger partial charge in [-0.05, 0) is 61.6 Å². The zero-order valence-electron chi connectivity index (χ0n) is 10.8. The molecule has 1 atom stereocenters. The minimum atomic E-state index is -2.03. The number of rotatable bonds is 4. The van der Waals surface area contributed by atoms with Crippen LogP contribution in [0, 0.1) is 3.57 Å². The van der Waals surface area contributed by atoms with Gasteiger partial charge in [-0.15, -0.1) is 0 Å². The molecule has 0 amide bonds. The second-order valence-corrected chi connectivity index (χ2v) is 6.82. The summed E-state index contributed by atoms with van der Waals surface area (Å²) in [6, 6.07) is 4.62. The molecule has 1 rings (SSSR count). The van der Waals surface area contributed by atoms with Crippen LogP contribution in [0.2, 0.25) is 0 Å². The summed E-state index contributed by atoms with van der Waals surface area (Å²) >= 11 is -0.0984. The maximum atomic E-state index is 11.5.